The van der Waals surface area contributed by atoms with Crippen LogP contribution in [0.3, 0.4) is 0 Å². The van der Waals surface area contributed by atoms with Crippen molar-refractivity contribution in [1.29, 1.82) is 0 Å². The first-order chi connectivity index (χ1) is 6.38. The molecule has 0 amide bonds. The van der Waals surface area contributed by atoms with E-state index in [0.29, 0.717) is 5.92 Å². The van der Waals surface area contributed by atoms with Gasteiger partial charge in [0.15, 0.2) is 0 Å². The van der Waals surface area contributed by atoms with Crippen LogP contribution in [0.1, 0.15) is 24.3 Å². The molecule has 0 saturated carbocycles. The van der Waals surface area contributed by atoms with Crippen LogP contribution in [0.5, 0.6) is 0 Å². The summed E-state index contributed by atoms with van der Waals surface area (Å²) in [7, 11) is 0. The van der Waals surface area contributed by atoms with Crippen LogP contribution in [0.25, 0.3) is 0 Å². The van der Waals surface area contributed by atoms with Crippen molar-refractivity contribution < 1.29 is 4.74 Å². The van der Waals surface area contributed by atoms with E-state index in [-0.39, 0.29) is 0 Å². The van der Waals surface area contributed by atoms with Crippen LogP contribution >= 0.6 is 15.9 Å². The number of ether oxygens (including phenoxy) is 1. The first kappa shape index (κ1) is 9.16. The van der Waals surface area contributed by atoms with Crippen molar-refractivity contribution in [3.63, 3.8) is 0 Å². The van der Waals surface area contributed by atoms with Gasteiger partial charge >= 0.3 is 0 Å². The number of nitrogens with zero attached hydrogens (tertiary/aromatic N) is 1. The molecule has 1 aromatic heterocycles. The molecular weight excluding hydrogens is 230 g/mol. The minimum atomic E-state index is 0.622. The van der Waals surface area contributed by atoms with Gasteiger partial charge in [0.25, 0.3) is 0 Å². The molecule has 0 radical (unpaired) electrons. The van der Waals surface area contributed by atoms with Crippen LogP contribution in [0.4, 0.5) is 0 Å². The van der Waals surface area contributed by atoms with Gasteiger partial charge in [0, 0.05) is 30.1 Å². The van der Waals surface area contributed by atoms with Gasteiger partial charge in [0.2, 0.25) is 0 Å². The van der Waals surface area contributed by atoms with Crippen molar-refractivity contribution in [2.45, 2.75) is 18.8 Å². The highest BCUT2D eigenvalue weighted by molar-refractivity contribution is 9.10. The van der Waals surface area contributed by atoms with Gasteiger partial charge < -0.3 is 4.74 Å². The van der Waals surface area contributed by atoms with Gasteiger partial charge in [-0.2, -0.15) is 0 Å². The third-order valence-electron chi connectivity index (χ3n) is 2.46. The molecule has 1 aliphatic rings. The maximum absolute atomic E-state index is 5.33. The lowest BCUT2D eigenvalue weighted by molar-refractivity contribution is 0.0851. The molecule has 0 aliphatic carbocycles. The topological polar surface area (TPSA) is 22.1 Å². The zero-order valence-corrected chi connectivity index (χ0v) is 8.96. The number of halogens is 1. The number of rotatable bonds is 1. The highest BCUT2D eigenvalue weighted by atomic mass is 79.9. The molecule has 1 aliphatic heterocycles. The van der Waals surface area contributed by atoms with Gasteiger partial charge in [-0.05, 0) is 30.4 Å². The van der Waals surface area contributed by atoms with E-state index in [1.165, 1.54) is 10.0 Å². The third kappa shape index (κ3) is 2.09. The summed E-state index contributed by atoms with van der Waals surface area (Å²) < 4.78 is 6.50. The SMILES string of the molecule is Brc1ccncc1C1CCOCC1. The van der Waals surface area contributed by atoms with E-state index < -0.39 is 0 Å². The molecule has 2 rings (SSSR count). The maximum Gasteiger partial charge on any atom is 0.0471 e. The second-order valence-electron chi connectivity index (χ2n) is 3.28. The number of pyridine rings is 1. The molecule has 1 fully saturated rings. The molecule has 0 atom stereocenters. The molecule has 0 unspecified atom stereocenters. The molecular formula is C10H12BrNO. The fourth-order valence-corrected chi connectivity index (χ4v) is 2.24. The van der Waals surface area contributed by atoms with Gasteiger partial charge in [-0.15, -0.1) is 0 Å². The van der Waals surface area contributed by atoms with Crippen molar-refractivity contribution in [2.24, 2.45) is 0 Å². The summed E-state index contributed by atoms with van der Waals surface area (Å²) in [6, 6.07) is 2.00. The molecule has 13 heavy (non-hydrogen) atoms. The quantitative estimate of drug-likeness (QED) is 0.755. The minimum absolute atomic E-state index is 0.622. The first-order valence-electron chi connectivity index (χ1n) is 4.55. The molecule has 1 saturated heterocycles. The van der Waals surface area contributed by atoms with Crippen LogP contribution in [0, 0.1) is 0 Å². The summed E-state index contributed by atoms with van der Waals surface area (Å²) >= 11 is 3.55. The Bertz CT molecular complexity index is 284. The number of hydrogen-bond acceptors (Lipinski definition) is 2. The highest BCUT2D eigenvalue weighted by Crippen LogP contribution is 2.31. The molecule has 0 spiro atoms. The predicted octanol–water partition coefficient (Wildman–Crippen LogP) is 2.74. The third-order valence-corrected chi connectivity index (χ3v) is 3.18. The second-order valence-corrected chi connectivity index (χ2v) is 4.14. The fraction of sp³-hybridized carbons (Fsp3) is 0.500. The van der Waals surface area contributed by atoms with Gasteiger partial charge in [-0.1, -0.05) is 15.9 Å². The van der Waals surface area contributed by atoms with E-state index in [2.05, 4.69) is 20.9 Å². The van der Waals surface area contributed by atoms with Crippen molar-refractivity contribution in [2.75, 3.05) is 13.2 Å². The molecule has 70 valence electrons. The predicted molar refractivity (Wildman–Crippen MR) is 54.7 cm³/mol. The van der Waals surface area contributed by atoms with Crippen molar-refractivity contribution in [1.82, 2.24) is 4.98 Å². The van der Waals surface area contributed by atoms with Crippen LogP contribution in [-0.2, 0) is 4.74 Å². The molecule has 3 heteroatoms. The monoisotopic (exact) mass is 241 g/mol. The molecule has 2 heterocycles. The van der Waals surface area contributed by atoms with Crippen LogP contribution in [0.2, 0.25) is 0 Å². The first-order valence-corrected chi connectivity index (χ1v) is 5.34. The largest absolute Gasteiger partial charge is 0.381 e. The molecule has 2 nitrogen and oxygen atoms in total. The van der Waals surface area contributed by atoms with Crippen LogP contribution < -0.4 is 0 Å². The summed E-state index contributed by atoms with van der Waals surface area (Å²) in [5, 5.41) is 0. The summed E-state index contributed by atoms with van der Waals surface area (Å²) in [5.74, 6) is 0.622. The Morgan fingerprint density at radius 2 is 2.15 bits per heavy atom. The van der Waals surface area contributed by atoms with E-state index in [4.69, 9.17) is 4.74 Å². The molecule has 0 bridgehead atoms. The van der Waals surface area contributed by atoms with Gasteiger partial charge in [0.05, 0.1) is 0 Å². The highest BCUT2D eigenvalue weighted by Gasteiger charge is 2.17. The van der Waals surface area contributed by atoms with Crippen molar-refractivity contribution in [3.8, 4) is 0 Å². The summed E-state index contributed by atoms with van der Waals surface area (Å²) in [6.07, 6.45) is 6.00. The Hall–Kier alpha value is -0.410. The molecule has 0 N–H and O–H groups in total. The minimum Gasteiger partial charge on any atom is -0.381 e. The lowest BCUT2D eigenvalue weighted by Crippen LogP contribution is -2.14. The van der Waals surface area contributed by atoms with E-state index >= 15 is 0 Å². The average Bonchev–Trinajstić information content (AvgIpc) is 2.20. The Kier molecular flexibility index (Phi) is 2.96. The summed E-state index contributed by atoms with van der Waals surface area (Å²) in [5.41, 5.74) is 1.32. The Morgan fingerprint density at radius 3 is 2.85 bits per heavy atom. The van der Waals surface area contributed by atoms with E-state index in [1.807, 2.05) is 18.5 Å². The van der Waals surface area contributed by atoms with Crippen LogP contribution in [-0.4, -0.2) is 18.2 Å². The van der Waals surface area contributed by atoms with Gasteiger partial charge in [0.1, 0.15) is 0 Å². The van der Waals surface area contributed by atoms with E-state index in [9.17, 15) is 0 Å². The molecule has 0 aromatic carbocycles. The number of aromatic nitrogens is 1. The number of hydrogen-bond donors (Lipinski definition) is 0. The standard InChI is InChI=1S/C10H12BrNO/c11-10-1-4-12-7-9(10)8-2-5-13-6-3-8/h1,4,7-8H,2-3,5-6H2. The van der Waals surface area contributed by atoms with Crippen molar-refractivity contribution in [3.05, 3.63) is 28.5 Å². The zero-order valence-electron chi connectivity index (χ0n) is 7.37. The zero-order chi connectivity index (χ0) is 9.10. The fourth-order valence-electron chi connectivity index (χ4n) is 1.70. The average molecular weight is 242 g/mol. The summed E-state index contributed by atoms with van der Waals surface area (Å²) in [6.45, 7) is 1.76. The van der Waals surface area contributed by atoms with Crippen molar-refractivity contribution >= 4 is 15.9 Å². The van der Waals surface area contributed by atoms with Gasteiger partial charge in [-0.3, -0.25) is 4.98 Å². The Morgan fingerprint density at radius 1 is 1.38 bits per heavy atom. The Labute approximate surface area is 86.5 Å². The van der Waals surface area contributed by atoms with Gasteiger partial charge in [-0.25, -0.2) is 0 Å². The lowest BCUT2D eigenvalue weighted by atomic mass is 9.93. The summed E-state index contributed by atoms with van der Waals surface area (Å²) in [4.78, 5) is 4.15. The Balaban J connectivity index is 2.18. The smallest absolute Gasteiger partial charge is 0.0471 e. The second kappa shape index (κ2) is 4.20. The van der Waals surface area contributed by atoms with E-state index in [1.54, 1.807) is 0 Å². The molecule has 1 aromatic rings. The maximum atomic E-state index is 5.33. The van der Waals surface area contributed by atoms with E-state index in [0.717, 1.165) is 26.1 Å². The lowest BCUT2D eigenvalue weighted by Gasteiger charge is -2.22. The van der Waals surface area contributed by atoms with Crippen LogP contribution in [0.15, 0.2) is 22.9 Å². The normalized spacial score (nSPS) is 18.8.